The fourth-order valence-electron chi connectivity index (χ4n) is 2.64. The van der Waals surface area contributed by atoms with Crippen molar-refractivity contribution in [2.75, 3.05) is 24.6 Å². The molecule has 0 atom stereocenters. The van der Waals surface area contributed by atoms with Crippen molar-refractivity contribution in [2.45, 2.75) is 86.5 Å². The molecule has 0 aromatic rings. The van der Waals surface area contributed by atoms with Gasteiger partial charge in [0.05, 0.1) is 24.6 Å². The van der Waals surface area contributed by atoms with Crippen LogP contribution in [-0.2, 0) is 0 Å². The van der Waals surface area contributed by atoms with E-state index in [1.165, 1.54) is 51.4 Å². The van der Waals surface area contributed by atoms with E-state index in [1.807, 2.05) is 0 Å². The van der Waals surface area contributed by atoms with Crippen molar-refractivity contribution in [3.63, 3.8) is 0 Å². The number of unbranched alkanes of at least 4 members (excludes halogenated alkanes) is 4. The van der Waals surface area contributed by atoms with Crippen LogP contribution in [0.2, 0.25) is 0 Å². The molecule has 0 saturated carbocycles. The summed E-state index contributed by atoms with van der Waals surface area (Å²) in [6.07, 6.45) is 17.9. The third-order valence-electron chi connectivity index (χ3n) is 3.94. The van der Waals surface area contributed by atoms with Gasteiger partial charge in [0, 0.05) is 7.26 Å². The first-order chi connectivity index (χ1) is 8.24. The van der Waals surface area contributed by atoms with Crippen molar-refractivity contribution < 1.29 is 17.0 Å². The summed E-state index contributed by atoms with van der Waals surface area (Å²) in [7, 11) is -0.562. The quantitative estimate of drug-likeness (QED) is 0.467. The molecule has 0 bridgehead atoms. The first kappa shape index (κ1) is 24.9. The Morgan fingerprint density at radius 1 is 0.526 bits per heavy atom. The Hall–Kier alpha value is 0.910. The monoisotopic (exact) mass is 354 g/mol. The summed E-state index contributed by atoms with van der Waals surface area (Å²) in [4.78, 5) is 0. The fourth-order valence-corrected chi connectivity index (χ4v) is 7.93. The molecule has 120 valence electrons. The van der Waals surface area contributed by atoms with Crippen LogP contribution in [0, 0.1) is 0 Å². The van der Waals surface area contributed by atoms with Crippen LogP contribution in [-0.4, -0.2) is 24.6 Å². The van der Waals surface area contributed by atoms with Gasteiger partial charge in [-0.1, -0.05) is 60.8 Å². The SMILES string of the molecule is C.CCCC[P+](CCCC)(CCCC)CCCC.[Br-]. The maximum Gasteiger partial charge on any atom is 0.0594 e. The molecule has 0 aromatic carbocycles. The molecule has 0 fully saturated rings. The number of halogens is 1. The van der Waals surface area contributed by atoms with Crippen molar-refractivity contribution >= 4 is 7.26 Å². The Kier molecular flexibility index (Phi) is 22.2. The minimum absolute atomic E-state index is 0. The lowest BCUT2D eigenvalue weighted by Crippen LogP contribution is -3.00. The molecule has 0 aliphatic carbocycles. The minimum Gasteiger partial charge on any atom is -1.00 e. The van der Waals surface area contributed by atoms with Crippen LogP contribution < -0.4 is 17.0 Å². The van der Waals surface area contributed by atoms with E-state index in [2.05, 4.69) is 27.7 Å². The van der Waals surface area contributed by atoms with Gasteiger partial charge < -0.3 is 17.0 Å². The highest BCUT2D eigenvalue weighted by atomic mass is 79.9. The van der Waals surface area contributed by atoms with Crippen LogP contribution in [0.4, 0.5) is 0 Å². The lowest BCUT2D eigenvalue weighted by Gasteiger charge is -2.28. The molecule has 0 N–H and O–H groups in total. The molecule has 2 heteroatoms. The Morgan fingerprint density at radius 3 is 0.895 bits per heavy atom. The zero-order valence-corrected chi connectivity index (χ0v) is 15.8. The van der Waals surface area contributed by atoms with Crippen LogP contribution in [0.1, 0.15) is 86.5 Å². The molecule has 0 spiro atoms. The molecule has 0 rings (SSSR count). The lowest BCUT2D eigenvalue weighted by atomic mass is 10.4. The highest BCUT2D eigenvalue weighted by molar-refractivity contribution is 7.75. The highest BCUT2D eigenvalue weighted by Crippen LogP contribution is 2.61. The van der Waals surface area contributed by atoms with Crippen LogP contribution >= 0.6 is 7.26 Å². The summed E-state index contributed by atoms with van der Waals surface area (Å²) in [6, 6.07) is 0. The van der Waals surface area contributed by atoms with E-state index in [-0.39, 0.29) is 24.4 Å². The van der Waals surface area contributed by atoms with Gasteiger partial charge in [0.2, 0.25) is 0 Å². The topological polar surface area (TPSA) is 0 Å². The predicted octanol–water partition coefficient (Wildman–Crippen LogP) is 3.84. The first-order valence-corrected chi connectivity index (χ1v) is 10.6. The maximum absolute atomic E-state index is 2.36. The number of hydrogen-bond donors (Lipinski definition) is 0. The molecule has 19 heavy (non-hydrogen) atoms. The standard InChI is InChI=1S/C16H36P.CH4.BrH/c1-5-9-13-17(14-10-6-2,15-11-7-3)16-12-8-4;;/h5-16H2,1-4H3;1H4;1H/q+1;;/p-1. The lowest BCUT2D eigenvalue weighted by molar-refractivity contribution is -0.00000442. The van der Waals surface area contributed by atoms with Crippen LogP contribution in [0.5, 0.6) is 0 Å². The summed E-state index contributed by atoms with van der Waals surface area (Å²) in [5.74, 6) is 0. The smallest absolute Gasteiger partial charge is 0.0594 e. The summed E-state index contributed by atoms with van der Waals surface area (Å²) in [5, 5.41) is 0. The van der Waals surface area contributed by atoms with Gasteiger partial charge in [-0.05, 0) is 25.7 Å². The third kappa shape index (κ3) is 12.4. The molecule has 0 radical (unpaired) electrons. The molecule has 0 aliphatic heterocycles. The Labute approximate surface area is 135 Å². The van der Waals surface area contributed by atoms with Gasteiger partial charge in [0.25, 0.3) is 0 Å². The largest absolute Gasteiger partial charge is 1.00 e. The zero-order chi connectivity index (χ0) is 13.0. The van der Waals surface area contributed by atoms with Crippen molar-refractivity contribution in [2.24, 2.45) is 0 Å². The maximum atomic E-state index is 2.36. The van der Waals surface area contributed by atoms with Gasteiger partial charge in [-0.25, -0.2) is 0 Å². The Bertz CT molecular complexity index is 122. The molecule has 0 nitrogen and oxygen atoms in total. The fraction of sp³-hybridized carbons (Fsp3) is 1.00. The average molecular weight is 355 g/mol. The summed E-state index contributed by atoms with van der Waals surface area (Å²) in [5.41, 5.74) is 0. The Morgan fingerprint density at radius 2 is 0.737 bits per heavy atom. The first-order valence-electron chi connectivity index (χ1n) is 8.09. The molecule has 0 unspecified atom stereocenters. The second kappa shape index (κ2) is 17.0. The van der Waals surface area contributed by atoms with Gasteiger partial charge in [-0.3, -0.25) is 0 Å². The molecule has 0 amide bonds. The minimum atomic E-state index is -0.562. The highest BCUT2D eigenvalue weighted by Gasteiger charge is 2.34. The van der Waals surface area contributed by atoms with Crippen molar-refractivity contribution in [3.05, 3.63) is 0 Å². The van der Waals surface area contributed by atoms with Gasteiger partial charge >= 0.3 is 0 Å². The van der Waals surface area contributed by atoms with Crippen LogP contribution in [0.3, 0.4) is 0 Å². The van der Waals surface area contributed by atoms with Crippen molar-refractivity contribution in [3.8, 4) is 0 Å². The molecule has 0 heterocycles. The second-order valence-corrected chi connectivity index (χ2v) is 10.1. The van der Waals surface area contributed by atoms with E-state index in [1.54, 1.807) is 24.6 Å². The van der Waals surface area contributed by atoms with E-state index in [0.29, 0.717) is 0 Å². The van der Waals surface area contributed by atoms with E-state index in [4.69, 9.17) is 0 Å². The van der Waals surface area contributed by atoms with Crippen LogP contribution in [0.15, 0.2) is 0 Å². The summed E-state index contributed by atoms with van der Waals surface area (Å²) < 4.78 is 0. The van der Waals surface area contributed by atoms with E-state index in [0.717, 1.165) is 0 Å². The summed E-state index contributed by atoms with van der Waals surface area (Å²) in [6.45, 7) is 9.42. The molecular weight excluding hydrogens is 315 g/mol. The van der Waals surface area contributed by atoms with Crippen LogP contribution in [0.25, 0.3) is 0 Å². The van der Waals surface area contributed by atoms with Gasteiger partial charge in [0.15, 0.2) is 0 Å². The molecule has 0 aliphatic rings. The molecular formula is C17H40BrP. The number of hydrogen-bond acceptors (Lipinski definition) is 0. The second-order valence-electron chi connectivity index (χ2n) is 5.65. The van der Waals surface area contributed by atoms with E-state index in [9.17, 15) is 0 Å². The van der Waals surface area contributed by atoms with Crippen molar-refractivity contribution in [1.82, 2.24) is 0 Å². The average Bonchev–Trinajstić information content (AvgIpc) is 2.37. The van der Waals surface area contributed by atoms with Gasteiger partial charge in [-0.15, -0.1) is 0 Å². The molecule has 0 aromatic heterocycles. The molecule has 0 saturated heterocycles. The normalized spacial score (nSPS) is 10.7. The van der Waals surface area contributed by atoms with E-state index < -0.39 is 7.26 Å². The Balaban J connectivity index is -0.00000128. The van der Waals surface area contributed by atoms with E-state index >= 15 is 0 Å². The predicted molar refractivity (Wildman–Crippen MR) is 92.8 cm³/mol. The van der Waals surface area contributed by atoms with Crippen molar-refractivity contribution in [1.29, 1.82) is 0 Å². The third-order valence-corrected chi connectivity index (χ3v) is 9.00. The number of rotatable bonds is 12. The summed E-state index contributed by atoms with van der Waals surface area (Å²) >= 11 is 0. The van der Waals surface area contributed by atoms with Gasteiger partial charge in [0.1, 0.15) is 0 Å². The van der Waals surface area contributed by atoms with Gasteiger partial charge in [-0.2, -0.15) is 0 Å². The zero-order valence-electron chi connectivity index (χ0n) is 13.3.